The van der Waals surface area contributed by atoms with Crippen molar-refractivity contribution in [3.05, 3.63) is 0 Å². The van der Waals surface area contributed by atoms with E-state index in [1.54, 1.807) is 0 Å². The van der Waals surface area contributed by atoms with E-state index in [-0.39, 0.29) is 95.8 Å². The van der Waals surface area contributed by atoms with Gasteiger partial charge in [0.25, 0.3) is 0 Å². The van der Waals surface area contributed by atoms with E-state index >= 15 is 0 Å². The van der Waals surface area contributed by atoms with Crippen LogP contribution in [0.4, 0.5) is 0 Å². The topological polar surface area (TPSA) is 85.5 Å². The molecule has 0 N–H and O–H groups in total. The quantitative estimate of drug-likeness (QED) is 0.506. The molecule has 0 aromatic rings. The Labute approximate surface area is 94.1 Å². The van der Waals surface area contributed by atoms with Gasteiger partial charge in [-0.25, -0.2) is 0 Å². The molecule has 0 atom stereocenters. The molecule has 0 fully saturated rings. The molecule has 0 bridgehead atoms. The van der Waals surface area contributed by atoms with Crippen molar-refractivity contribution >= 4 is 45.5 Å². The van der Waals surface area contributed by atoms with Crippen molar-refractivity contribution in [2.45, 2.75) is 0 Å². The van der Waals surface area contributed by atoms with Crippen LogP contribution in [0.3, 0.4) is 0 Å². The van der Waals surface area contributed by atoms with E-state index in [2.05, 4.69) is 0 Å². The Kier molecular flexibility index (Phi) is 708. The van der Waals surface area contributed by atoms with E-state index in [9.17, 15) is 0 Å². The first-order valence-corrected chi connectivity index (χ1v) is 0. The Balaban J connectivity index is 0. The SMILES string of the molecule is [Co+2].[Mn+2].[O-2].[O-2].[O-2].[Sr+2]. The van der Waals surface area contributed by atoms with Crippen molar-refractivity contribution in [1.29, 1.82) is 0 Å². The van der Waals surface area contributed by atoms with Gasteiger partial charge in [-0.15, -0.1) is 0 Å². The first-order chi connectivity index (χ1) is 0. The maximum absolute atomic E-state index is 0. The molecular formula is CoMnO3Sr. The molecule has 0 aliphatic rings. The molecule has 6 heteroatoms. The van der Waals surface area contributed by atoms with Gasteiger partial charge < -0.3 is 16.4 Å². The summed E-state index contributed by atoms with van der Waals surface area (Å²) in [5, 5.41) is 0. The van der Waals surface area contributed by atoms with Gasteiger partial charge in [0.05, 0.1) is 0 Å². The normalized spacial score (nSPS) is 0. The summed E-state index contributed by atoms with van der Waals surface area (Å²) in [6.45, 7) is 0. The smallest absolute Gasteiger partial charge is 2.00 e. The molecule has 2 radical (unpaired) electrons. The summed E-state index contributed by atoms with van der Waals surface area (Å²) in [6, 6.07) is 0. The van der Waals surface area contributed by atoms with Crippen LogP contribution in [0, 0.1) is 0 Å². The molecule has 3 nitrogen and oxygen atoms in total. The maximum Gasteiger partial charge on any atom is 2.00 e. The summed E-state index contributed by atoms with van der Waals surface area (Å²) in [5.74, 6) is 0. The second-order valence-electron chi connectivity index (χ2n) is 0. The van der Waals surface area contributed by atoms with Gasteiger partial charge in [0.2, 0.25) is 0 Å². The summed E-state index contributed by atoms with van der Waals surface area (Å²) in [4.78, 5) is 0. The van der Waals surface area contributed by atoms with Gasteiger partial charge >= 0.3 is 79.3 Å². The van der Waals surface area contributed by atoms with Crippen LogP contribution >= 0.6 is 0 Å². The van der Waals surface area contributed by atoms with Crippen LogP contribution < -0.4 is 0 Å². The average Bonchev–Trinajstić information content (AvgIpc) is 0. The van der Waals surface area contributed by atoms with E-state index in [0.717, 1.165) is 0 Å². The van der Waals surface area contributed by atoms with Crippen LogP contribution in [0.5, 0.6) is 0 Å². The fourth-order valence-corrected chi connectivity index (χ4v) is 0. The molecule has 0 rings (SSSR count). The second kappa shape index (κ2) is 52.9. The van der Waals surface area contributed by atoms with Crippen molar-refractivity contribution in [3.63, 3.8) is 0 Å². The van der Waals surface area contributed by atoms with E-state index in [1.807, 2.05) is 0 Å². The molecule has 36 valence electrons. The number of hydrogen-bond acceptors (Lipinski definition) is 0. The molecule has 0 aromatic carbocycles. The molecule has 0 unspecified atom stereocenters. The molecule has 0 spiro atoms. The predicted molar refractivity (Wildman–Crippen MR) is 7.81 cm³/mol. The largest absolute Gasteiger partial charge is 2.00 e. The Morgan fingerprint density at radius 3 is 0.667 bits per heavy atom. The van der Waals surface area contributed by atoms with Gasteiger partial charge in [-0.1, -0.05) is 0 Å². The van der Waals surface area contributed by atoms with Crippen molar-refractivity contribution in [3.8, 4) is 0 Å². The van der Waals surface area contributed by atoms with Crippen LogP contribution in [-0.2, 0) is 50.3 Å². The Morgan fingerprint density at radius 2 is 0.667 bits per heavy atom. The molecule has 0 aromatic heterocycles. The summed E-state index contributed by atoms with van der Waals surface area (Å²) in [5.41, 5.74) is 0. The van der Waals surface area contributed by atoms with Crippen molar-refractivity contribution in [1.82, 2.24) is 0 Å². The fraction of sp³-hybridized carbons (Fsp3) is 0. The van der Waals surface area contributed by atoms with E-state index in [4.69, 9.17) is 0 Å². The average molecular weight is 249 g/mol. The van der Waals surface area contributed by atoms with Gasteiger partial charge in [-0.05, 0) is 0 Å². The van der Waals surface area contributed by atoms with Gasteiger partial charge in [0.1, 0.15) is 0 Å². The molecular weight excluding hydrogens is 249 g/mol. The van der Waals surface area contributed by atoms with Gasteiger partial charge in [0, 0.05) is 0 Å². The summed E-state index contributed by atoms with van der Waals surface area (Å²) in [7, 11) is 0. The van der Waals surface area contributed by atoms with Gasteiger partial charge in [-0.3, -0.25) is 0 Å². The summed E-state index contributed by atoms with van der Waals surface area (Å²) < 4.78 is 0. The zero-order valence-electron chi connectivity index (χ0n) is 2.64. The van der Waals surface area contributed by atoms with Crippen LogP contribution in [0.1, 0.15) is 0 Å². The Morgan fingerprint density at radius 1 is 0.667 bits per heavy atom. The predicted octanol–water partition coefficient (Wildman–Crippen LogP) is -0.742. The number of rotatable bonds is 0. The van der Waals surface area contributed by atoms with E-state index < -0.39 is 0 Å². The second-order valence-corrected chi connectivity index (χ2v) is 0. The van der Waals surface area contributed by atoms with Gasteiger partial charge in [-0.2, -0.15) is 0 Å². The summed E-state index contributed by atoms with van der Waals surface area (Å²) in [6.07, 6.45) is 0. The molecule has 0 aliphatic carbocycles. The third-order valence-electron chi connectivity index (χ3n) is 0. The minimum absolute atomic E-state index is 0. The molecule has 6 heavy (non-hydrogen) atoms. The van der Waals surface area contributed by atoms with Crippen molar-refractivity contribution in [2.75, 3.05) is 0 Å². The minimum atomic E-state index is 0. The molecule has 0 amide bonds. The zero-order chi connectivity index (χ0) is 0. The first-order valence-electron chi connectivity index (χ1n) is 0. The number of hydrogen-bond donors (Lipinski definition) is 0. The van der Waals surface area contributed by atoms with E-state index in [1.165, 1.54) is 0 Å². The van der Waals surface area contributed by atoms with Crippen LogP contribution in [-0.4, -0.2) is 45.5 Å². The van der Waals surface area contributed by atoms with Crippen molar-refractivity contribution in [2.24, 2.45) is 0 Å². The van der Waals surface area contributed by atoms with Crippen LogP contribution in [0.25, 0.3) is 0 Å². The minimum Gasteiger partial charge on any atom is -2.00 e. The molecule has 0 aliphatic heterocycles. The molecule has 0 saturated heterocycles. The summed E-state index contributed by atoms with van der Waals surface area (Å²) >= 11 is 0. The van der Waals surface area contributed by atoms with Crippen LogP contribution in [0.2, 0.25) is 0 Å². The first kappa shape index (κ1) is 80.3. The molecule has 0 heterocycles. The fourth-order valence-electron chi connectivity index (χ4n) is 0. The zero-order valence-corrected chi connectivity index (χ0v) is 8.34. The molecule has 0 saturated carbocycles. The van der Waals surface area contributed by atoms with Crippen molar-refractivity contribution < 1.29 is 50.3 Å². The maximum atomic E-state index is 0. The van der Waals surface area contributed by atoms with E-state index in [0.29, 0.717) is 0 Å². The Hall–Kier alpha value is 2.39. The third kappa shape index (κ3) is 32.5. The monoisotopic (exact) mass is 250 g/mol. The Bertz CT molecular complexity index is 10.8. The third-order valence-corrected chi connectivity index (χ3v) is 0. The van der Waals surface area contributed by atoms with Gasteiger partial charge in [0.15, 0.2) is 0 Å². The standard InChI is InChI=1S/Co.Mn.3O.Sr/q2*+2;3*-2;+2. The van der Waals surface area contributed by atoms with Crippen LogP contribution in [0.15, 0.2) is 0 Å².